The average Bonchev–Trinajstić information content (AvgIpc) is 2.71. The number of amides is 3. The Morgan fingerprint density at radius 1 is 1.07 bits per heavy atom. The lowest BCUT2D eigenvalue weighted by Crippen LogP contribution is -2.28. The third-order valence-electron chi connectivity index (χ3n) is 4.44. The molecule has 0 aliphatic rings. The second kappa shape index (κ2) is 10.2. The molecule has 2 aromatic carbocycles. The Labute approximate surface area is 170 Å². The van der Waals surface area contributed by atoms with Gasteiger partial charge in [0.15, 0.2) is 0 Å². The highest BCUT2D eigenvalue weighted by molar-refractivity contribution is 6.08. The zero-order valence-corrected chi connectivity index (χ0v) is 17.1. The number of nitrogens with one attached hydrogen (secondary N) is 2. The van der Waals surface area contributed by atoms with Gasteiger partial charge in [-0.3, -0.25) is 14.4 Å². The molecule has 0 heterocycles. The summed E-state index contributed by atoms with van der Waals surface area (Å²) in [6.07, 6.45) is 1.46. The van der Waals surface area contributed by atoms with Gasteiger partial charge in [0, 0.05) is 24.0 Å². The van der Waals surface area contributed by atoms with Gasteiger partial charge in [0.1, 0.15) is 0 Å². The number of benzene rings is 2. The standard InChI is InChI=1S/C22H26N4O3/c1-5-18-7-6-8-20(13-18)24-22(29)15(2)16(3)25-26(14-27)21-11-9-19(10-12-21)23-17(4)28/h6-15H,5H2,1-4H3,(H,23,28)(H,24,29)/b25-16-. The van der Waals surface area contributed by atoms with E-state index in [0.717, 1.165) is 22.7 Å². The van der Waals surface area contributed by atoms with Crippen molar-refractivity contribution < 1.29 is 14.4 Å². The van der Waals surface area contributed by atoms with Crippen LogP contribution in [0.4, 0.5) is 17.1 Å². The summed E-state index contributed by atoms with van der Waals surface area (Å²) in [4.78, 5) is 35.2. The van der Waals surface area contributed by atoms with Gasteiger partial charge < -0.3 is 10.6 Å². The van der Waals surface area contributed by atoms with Crippen LogP contribution in [0.5, 0.6) is 0 Å². The highest BCUT2D eigenvalue weighted by atomic mass is 16.2. The Hall–Kier alpha value is -3.48. The number of rotatable bonds is 8. The summed E-state index contributed by atoms with van der Waals surface area (Å²) >= 11 is 0. The molecule has 0 spiro atoms. The molecule has 0 aliphatic heterocycles. The molecule has 2 N–H and O–H groups in total. The molecule has 1 atom stereocenters. The number of hydrogen-bond donors (Lipinski definition) is 2. The third kappa shape index (κ3) is 6.27. The van der Waals surface area contributed by atoms with Crippen molar-refractivity contribution in [1.82, 2.24) is 0 Å². The van der Waals surface area contributed by atoms with E-state index in [4.69, 9.17) is 0 Å². The topological polar surface area (TPSA) is 90.9 Å². The van der Waals surface area contributed by atoms with E-state index >= 15 is 0 Å². The maximum Gasteiger partial charge on any atom is 0.234 e. The van der Waals surface area contributed by atoms with Crippen molar-refractivity contribution in [3.63, 3.8) is 0 Å². The van der Waals surface area contributed by atoms with E-state index in [9.17, 15) is 14.4 Å². The lowest BCUT2D eigenvalue weighted by atomic mass is 10.1. The fourth-order valence-electron chi connectivity index (χ4n) is 2.61. The molecule has 0 radical (unpaired) electrons. The van der Waals surface area contributed by atoms with Crippen molar-refractivity contribution in [2.24, 2.45) is 11.0 Å². The fraction of sp³-hybridized carbons (Fsp3) is 0.273. The van der Waals surface area contributed by atoms with E-state index in [1.54, 1.807) is 38.1 Å². The minimum atomic E-state index is -0.526. The van der Waals surface area contributed by atoms with E-state index in [2.05, 4.69) is 22.7 Å². The van der Waals surface area contributed by atoms with Crippen LogP contribution in [-0.4, -0.2) is 23.9 Å². The molecule has 2 rings (SSSR count). The Morgan fingerprint density at radius 3 is 2.34 bits per heavy atom. The molecule has 0 aromatic heterocycles. The van der Waals surface area contributed by atoms with Gasteiger partial charge >= 0.3 is 0 Å². The minimum Gasteiger partial charge on any atom is -0.326 e. The summed E-state index contributed by atoms with van der Waals surface area (Å²) in [5.41, 5.74) is 3.50. The van der Waals surface area contributed by atoms with Crippen LogP contribution in [-0.2, 0) is 20.8 Å². The quantitative estimate of drug-likeness (QED) is 0.405. The molecule has 2 aromatic rings. The molecule has 7 nitrogen and oxygen atoms in total. The van der Waals surface area contributed by atoms with Crippen LogP contribution >= 0.6 is 0 Å². The molecule has 152 valence electrons. The molecule has 0 bridgehead atoms. The Morgan fingerprint density at radius 2 is 1.76 bits per heavy atom. The predicted molar refractivity (Wildman–Crippen MR) is 116 cm³/mol. The molecular formula is C22H26N4O3. The van der Waals surface area contributed by atoms with Crippen LogP contribution in [0.1, 0.15) is 33.3 Å². The minimum absolute atomic E-state index is 0.178. The van der Waals surface area contributed by atoms with Crippen molar-refractivity contribution in [1.29, 1.82) is 0 Å². The van der Waals surface area contributed by atoms with Crippen LogP contribution in [0.25, 0.3) is 0 Å². The zero-order valence-electron chi connectivity index (χ0n) is 17.1. The zero-order chi connectivity index (χ0) is 21.4. The lowest BCUT2D eigenvalue weighted by molar-refractivity contribution is -0.117. The SMILES string of the molecule is CCc1cccc(NC(=O)C(C)/C(C)=N\N(C=O)c2ccc(NC(C)=O)cc2)c1. The number of aryl methyl sites for hydroxylation is 1. The Bertz CT molecular complexity index is 907. The molecule has 0 saturated heterocycles. The number of nitrogens with zero attached hydrogens (tertiary/aromatic N) is 2. The third-order valence-corrected chi connectivity index (χ3v) is 4.44. The smallest absolute Gasteiger partial charge is 0.234 e. The summed E-state index contributed by atoms with van der Waals surface area (Å²) in [5.74, 6) is -0.907. The number of carbonyl (C=O) groups is 3. The highest BCUT2D eigenvalue weighted by Crippen LogP contribution is 2.18. The first kappa shape index (κ1) is 21.8. The van der Waals surface area contributed by atoms with Gasteiger partial charge in [-0.2, -0.15) is 5.10 Å². The number of hydrazone groups is 1. The van der Waals surface area contributed by atoms with Crippen LogP contribution in [0, 0.1) is 5.92 Å². The van der Waals surface area contributed by atoms with E-state index in [1.165, 1.54) is 6.92 Å². The summed E-state index contributed by atoms with van der Waals surface area (Å²) in [6, 6.07) is 14.4. The van der Waals surface area contributed by atoms with Crippen LogP contribution in [0.2, 0.25) is 0 Å². The Kier molecular flexibility index (Phi) is 7.65. The van der Waals surface area contributed by atoms with Crippen molar-refractivity contribution in [2.45, 2.75) is 34.1 Å². The first-order valence-corrected chi connectivity index (χ1v) is 9.41. The normalized spacial score (nSPS) is 12.1. The van der Waals surface area contributed by atoms with Crippen molar-refractivity contribution in [3.05, 3.63) is 54.1 Å². The summed E-state index contributed by atoms with van der Waals surface area (Å²) in [7, 11) is 0. The summed E-state index contributed by atoms with van der Waals surface area (Å²) < 4.78 is 0. The molecular weight excluding hydrogens is 368 g/mol. The second-order valence-corrected chi connectivity index (χ2v) is 6.68. The number of anilines is 3. The molecule has 1 unspecified atom stereocenters. The largest absolute Gasteiger partial charge is 0.326 e. The van der Waals surface area contributed by atoms with Crippen molar-refractivity contribution in [3.8, 4) is 0 Å². The van der Waals surface area contributed by atoms with Gasteiger partial charge in [0.05, 0.1) is 11.6 Å². The van der Waals surface area contributed by atoms with E-state index in [0.29, 0.717) is 23.5 Å². The Balaban J connectivity index is 2.10. The molecule has 7 heteroatoms. The van der Waals surface area contributed by atoms with Gasteiger partial charge in [-0.25, -0.2) is 5.01 Å². The van der Waals surface area contributed by atoms with Gasteiger partial charge in [-0.15, -0.1) is 0 Å². The maximum absolute atomic E-state index is 12.6. The first-order valence-electron chi connectivity index (χ1n) is 9.41. The monoisotopic (exact) mass is 394 g/mol. The van der Waals surface area contributed by atoms with Crippen molar-refractivity contribution in [2.75, 3.05) is 15.6 Å². The lowest BCUT2D eigenvalue weighted by Gasteiger charge is -2.17. The maximum atomic E-state index is 12.6. The van der Waals surface area contributed by atoms with E-state index in [1.807, 2.05) is 24.3 Å². The molecule has 3 amide bonds. The van der Waals surface area contributed by atoms with Gasteiger partial charge in [0.2, 0.25) is 18.2 Å². The summed E-state index contributed by atoms with van der Waals surface area (Å²) in [5, 5.41) is 11.0. The predicted octanol–water partition coefficient (Wildman–Crippen LogP) is 3.82. The van der Waals surface area contributed by atoms with Gasteiger partial charge in [-0.05, 0) is 62.2 Å². The summed E-state index contributed by atoms with van der Waals surface area (Å²) in [6.45, 7) is 6.91. The van der Waals surface area contributed by atoms with Crippen LogP contribution < -0.4 is 15.6 Å². The van der Waals surface area contributed by atoms with Crippen LogP contribution in [0.3, 0.4) is 0 Å². The van der Waals surface area contributed by atoms with Crippen molar-refractivity contribution >= 4 is 41.0 Å². The first-order chi connectivity index (χ1) is 13.8. The van der Waals surface area contributed by atoms with E-state index < -0.39 is 5.92 Å². The second-order valence-electron chi connectivity index (χ2n) is 6.68. The van der Waals surface area contributed by atoms with Crippen LogP contribution in [0.15, 0.2) is 53.6 Å². The molecule has 0 fully saturated rings. The van der Waals surface area contributed by atoms with Gasteiger partial charge in [-0.1, -0.05) is 19.1 Å². The molecule has 0 aliphatic carbocycles. The fourth-order valence-corrected chi connectivity index (χ4v) is 2.61. The number of carbonyl (C=O) groups excluding carboxylic acids is 3. The van der Waals surface area contributed by atoms with E-state index in [-0.39, 0.29) is 11.8 Å². The molecule has 0 saturated carbocycles. The molecule has 29 heavy (non-hydrogen) atoms. The van der Waals surface area contributed by atoms with Gasteiger partial charge in [0.25, 0.3) is 0 Å². The average molecular weight is 394 g/mol. The highest BCUT2D eigenvalue weighted by Gasteiger charge is 2.18. The number of hydrogen-bond acceptors (Lipinski definition) is 4.